The number of carbonyl (C=O) groups excluding carboxylic acids is 1. The molecule has 1 aromatic heterocycles. The Bertz CT molecular complexity index is 844. The molecule has 1 saturated heterocycles. The smallest absolute Gasteiger partial charge is 0.306 e. The average molecular weight is 359 g/mol. The van der Waals surface area contributed by atoms with Gasteiger partial charge in [0.05, 0.1) is 28.6 Å². The van der Waals surface area contributed by atoms with E-state index in [0.29, 0.717) is 42.1 Å². The Morgan fingerprint density at radius 3 is 2.46 bits per heavy atom. The molecule has 0 saturated carbocycles. The minimum Gasteiger partial charge on any atom is -0.481 e. The third-order valence-corrected chi connectivity index (χ3v) is 5.09. The first kappa shape index (κ1) is 18.1. The van der Waals surface area contributed by atoms with E-state index < -0.39 is 11.9 Å². The first-order chi connectivity index (χ1) is 12.3. The second-order valence-corrected chi connectivity index (χ2v) is 6.90. The van der Waals surface area contributed by atoms with Gasteiger partial charge in [0, 0.05) is 13.1 Å². The highest BCUT2D eigenvalue weighted by atomic mass is 19.1. The zero-order valence-electron chi connectivity index (χ0n) is 15.1. The maximum Gasteiger partial charge on any atom is 0.306 e. The minimum absolute atomic E-state index is 0.0991. The lowest BCUT2D eigenvalue weighted by molar-refractivity contribution is -0.145. The van der Waals surface area contributed by atoms with Crippen LogP contribution < -0.4 is 0 Å². The number of aryl methyl sites for hydroxylation is 1. The van der Waals surface area contributed by atoms with Crippen molar-refractivity contribution in [3.63, 3.8) is 0 Å². The highest BCUT2D eigenvalue weighted by molar-refractivity contribution is 5.96. The van der Waals surface area contributed by atoms with Crippen LogP contribution in [0.25, 0.3) is 5.69 Å². The van der Waals surface area contributed by atoms with E-state index >= 15 is 0 Å². The molecule has 1 N–H and O–H groups in total. The molecule has 2 atom stereocenters. The number of benzene rings is 1. The van der Waals surface area contributed by atoms with E-state index in [2.05, 4.69) is 5.10 Å². The highest BCUT2D eigenvalue weighted by Crippen LogP contribution is 2.27. The summed E-state index contributed by atoms with van der Waals surface area (Å²) in [4.78, 5) is 26.0. The average Bonchev–Trinajstić information content (AvgIpc) is 2.89. The maximum atomic E-state index is 13.2. The van der Waals surface area contributed by atoms with Crippen LogP contribution in [-0.4, -0.2) is 44.8 Å². The van der Waals surface area contributed by atoms with Gasteiger partial charge < -0.3 is 10.0 Å². The number of amides is 1. The second-order valence-electron chi connectivity index (χ2n) is 6.90. The largest absolute Gasteiger partial charge is 0.481 e. The number of nitrogens with zero attached hydrogens (tertiary/aromatic N) is 3. The predicted octanol–water partition coefficient (Wildman–Crippen LogP) is 2.81. The van der Waals surface area contributed by atoms with Crippen LogP contribution >= 0.6 is 0 Å². The summed E-state index contributed by atoms with van der Waals surface area (Å²) in [6.45, 7) is 6.27. The number of carboxylic acid groups (broad SMARTS) is 1. The molecule has 2 heterocycles. The van der Waals surface area contributed by atoms with Crippen molar-refractivity contribution in [2.75, 3.05) is 13.1 Å². The SMILES string of the molecule is Cc1nn(-c2ccc(F)cc2)c(C)c1C(=O)N1CCC(C(=O)O)C(C)C1. The van der Waals surface area contributed by atoms with Crippen molar-refractivity contribution in [3.8, 4) is 5.69 Å². The van der Waals surface area contributed by atoms with Crippen LogP contribution in [0.1, 0.15) is 35.1 Å². The predicted molar refractivity (Wildman–Crippen MR) is 93.8 cm³/mol. The van der Waals surface area contributed by atoms with Crippen molar-refractivity contribution in [2.45, 2.75) is 27.2 Å². The van der Waals surface area contributed by atoms with E-state index in [1.807, 2.05) is 13.8 Å². The number of piperidine rings is 1. The molecule has 26 heavy (non-hydrogen) atoms. The molecule has 6 nitrogen and oxygen atoms in total. The van der Waals surface area contributed by atoms with Crippen molar-refractivity contribution in [2.24, 2.45) is 11.8 Å². The lowest BCUT2D eigenvalue weighted by Crippen LogP contribution is -2.45. The third kappa shape index (κ3) is 3.21. The number of rotatable bonds is 3. The van der Waals surface area contributed by atoms with Crippen LogP contribution in [0.3, 0.4) is 0 Å². The number of carbonyl (C=O) groups is 2. The number of hydrogen-bond donors (Lipinski definition) is 1. The summed E-state index contributed by atoms with van der Waals surface area (Å²) in [6, 6.07) is 5.93. The number of aromatic nitrogens is 2. The summed E-state index contributed by atoms with van der Waals surface area (Å²) in [7, 11) is 0. The number of likely N-dealkylation sites (tertiary alicyclic amines) is 1. The number of aliphatic carboxylic acids is 1. The van der Waals surface area contributed by atoms with Crippen molar-refractivity contribution >= 4 is 11.9 Å². The zero-order chi connectivity index (χ0) is 19.0. The van der Waals surface area contributed by atoms with Crippen LogP contribution in [-0.2, 0) is 4.79 Å². The normalized spacial score (nSPS) is 20.2. The van der Waals surface area contributed by atoms with Gasteiger partial charge in [-0.3, -0.25) is 9.59 Å². The van der Waals surface area contributed by atoms with Crippen molar-refractivity contribution in [3.05, 3.63) is 47.0 Å². The molecule has 7 heteroatoms. The van der Waals surface area contributed by atoms with E-state index in [1.54, 1.807) is 28.6 Å². The van der Waals surface area contributed by atoms with Crippen LogP contribution in [0.15, 0.2) is 24.3 Å². The molecule has 2 unspecified atom stereocenters. The Balaban J connectivity index is 1.87. The third-order valence-electron chi connectivity index (χ3n) is 5.09. The summed E-state index contributed by atoms with van der Waals surface area (Å²) in [5, 5.41) is 13.7. The monoisotopic (exact) mass is 359 g/mol. The number of carboxylic acids is 1. The van der Waals surface area contributed by atoms with Crippen molar-refractivity contribution in [1.82, 2.24) is 14.7 Å². The molecular weight excluding hydrogens is 337 g/mol. The van der Waals surface area contributed by atoms with E-state index in [9.17, 15) is 19.1 Å². The molecule has 2 aromatic rings. The van der Waals surface area contributed by atoms with Crippen LogP contribution in [0.4, 0.5) is 4.39 Å². The van der Waals surface area contributed by atoms with Crippen LogP contribution in [0.2, 0.25) is 0 Å². The van der Waals surface area contributed by atoms with E-state index in [0.717, 1.165) is 0 Å². The Morgan fingerprint density at radius 2 is 1.88 bits per heavy atom. The summed E-state index contributed by atoms with van der Waals surface area (Å²) in [6.07, 6.45) is 0.451. The highest BCUT2D eigenvalue weighted by Gasteiger charge is 2.34. The topological polar surface area (TPSA) is 75.4 Å². The second kappa shape index (κ2) is 6.90. The fourth-order valence-corrected chi connectivity index (χ4v) is 3.64. The Labute approximate surface area is 151 Å². The Kier molecular flexibility index (Phi) is 4.80. The van der Waals surface area contributed by atoms with Gasteiger partial charge in [0.25, 0.3) is 5.91 Å². The molecule has 0 radical (unpaired) electrons. The number of hydrogen-bond acceptors (Lipinski definition) is 3. The van der Waals surface area contributed by atoms with Crippen LogP contribution in [0, 0.1) is 31.5 Å². The molecule has 138 valence electrons. The summed E-state index contributed by atoms with van der Waals surface area (Å²) in [5.41, 5.74) is 2.50. The van der Waals surface area contributed by atoms with Gasteiger partial charge in [-0.05, 0) is 50.5 Å². The molecule has 1 aromatic carbocycles. The first-order valence-electron chi connectivity index (χ1n) is 8.63. The van der Waals surface area contributed by atoms with Crippen molar-refractivity contribution < 1.29 is 19.1 Å². The summed E-state index contributed by atoms with van der Waals surface area (Å²) in [5.74, 6) is -1.78. The van der Waals surface area contributed by atoms with E-state index in [1.165, 1.54) is 12.1 Å². The lowest BCUT2D eigenvalue weighted by atomic mass is 9.86. The molecular formula is C19H22FN3O3. The van der Waals surface area contributed by atoms with Gasteiger partial charge in [-0.1, -0.05) is 6.92 Å². The molecule has 0 bridgehead atoms. The van der Waals surface area contributed by atoms with Gasteiger partial charge in [0.1, 0.15) is 5.82 Å². The molecule has 3 rings (SSSR count). The lowest BCUT2D eigenvalue weighted by Gasteiger charge is -2.35. The zero-order valence-corrected chi connectivity index (χ0v) is 15.1. The molecule has 1 aliphatic heterocycles. The van der Waals surface area contributed by atoms with Gasteiger partial charge in [0.2, 0.25) is 0 Å². The van der Waals surface area contributed by atoms with Crippen LogP contribution in [0.5, 0.6) is 0 Å². The summed E-state index contributed by atoms with van der Waals surface area (Å²) >= 11 is 0. The maximum absolute atomic E-state index is 13.2. The first-order valence-corrected chi connectivity index (χ1v) is 8.63. The minimum atomic E-state index is -0.805. The number of halogens is 1. The fourth-order valence-electron chi connectivity index (χ4n) is 3.64. The van der Waals surface area contributed by atoms with Gasteiger partial charge in [0.15, 0.2) is 0 Å². The van der Waals surface area contributed by atoms with E-state index in [4.69, 9.17) is 0 Å². The molecule has 0 spiro atoms. The van der Waals surface area contributed by atoms with Gasteiger partial charge in [-0.2, -0.15) is 5.10 Å². The summed E-state index contributed by atoms with van der Waals surface area (Å²) < 4.78 is 14.8. The Hall–Kier alpha value is -2.70. The molecule has 1 fully saturated rings. The fraction of sp³-hybridized carbons (Fsp3) is 0.421. The van der Waals surface area contributed by atoms with Gasteiger partial charge >= 0.3 is 5.97 Å². The van der Waals surface area contributed by atoms with E-state index in [-0.39, 0.29) is 17.6 Å². The van der Waals surface area contributed by atoms with Gasteiger partial charge in [-0.25, -0.2) is 9.07 Å². The standard InChI is InChI=1S/C19H22FN3O3/c1-11-10-22(9-8-16(11)19(25)26)18(24)17-12(2)21-23(13(17)3)15-6-4-14(20)5-7-15/h4-7,11,16H,8-10H2,1-3H3,(H,25,26). The Morgan fingerprint density at radius 1 is 1.23 bits per heavy atom. The van der Waals surface area contributed by atoms with Crippen molar-refractivity contribution in [1.29, 1.82) is 0 Å². The quantitative estimate of drug-likeness (QED) is 0.914. The molecule has 0 aliphatic carbocycles. The molecule has 1 aliphatic rings. The molecule has 1 amide bonds. The van der Waals surface area contributed by atoms with Gasteiger partial charge in [-0.15, -0.1) is 0 Å².